The quantitative estimate of drug-likeness (QED) is 0.708. The van der Waals surface area contributed by atoms with Crippen molar-refractivity contribution in [2.45, 2.75) is 18.9 Å². The molecule has 0 atom stereocenters. The van der Waals surface area contributed by atoms with E-state index in [1.807, 2.05) is 18.2 Å². The van der Waals surface area contributed by atoms with Crippen LogP contribution < -0.4 is 10.5 Å². The lowest BCUT2D eigenvalue weighted by molar-refractivity contribution is -0.134. The number of aromatic nitrogens is 1. The molecule has 0 aliphatic carbocycles. The van der Waals surface area contributed by atoms with Crippen molar-refractivity contribution in [2.75, 3.05) is 19.7 Å². The summed E-state index contributed by atoms with van der Waals surface area (Å²) in [4.78, 5) is 26.3. The number of rotatable bonds is 4. The molecule has 0 spiro atoms. The van der Waals surface area contributed by atoms with E-state index in [1.54, 1.807) is 17.0 Å². The zero-order chi connectivity index (χ0) is 18.8. The molecule has 1 fully saturated rings. The summed E-state index contributed by atoms with van der Waals surface area (Å²) in [6.07, 6.45) is 1.20. The molecule has 2 aromatic carbocycles. The molecule has 0 bridgehead atoms. The van der Waals surface area contributed by atoms with Crippen LogP contribution in [0.25, 0.3) is 11.1 Å². The van der Waals surface area contributed by atoms with Crippen molar-refractivity contribution in [3.8, 4) is 5.75 Å². The largest absolute Gasteiger partial charge is 0.484 e. The third-order valence-electron chi connectivity index (χ3n) is 4.86. The Kier molecular flexibility index (Phi) is 4.66. The number of benzene rings is 2. The van der Waals surface area contributed by atoms with Gasteiger partial charge < -0.3 is 14.1 Å². The maximum Gasteiger partial charge on any atom is 0.420 e. The Labute approximate surface area is 154 Å². The Morgan fingerprint density at radius 1 is 1.15 bits per heavy atom. The summed E-state index contributed by atoms with van der Waals surface area (Å²) < 4.78 is 25.8. The number of carbonyl (C=O) groups is 1. The molecule has 1 amide bonds. The van der Waals surface area contributed by atoms with Crippen LogP contribution in [0.2, 0.25) is 0 Å². The van der Waals surface area contributed by atoms with Crippen molar-refractivity contribution in [1.29, 1.82) is 0 Å². The van der Waals surface area contributed by atoms with Crippen LogP contribution in [-0.2, 0) is 4.79 Å². The van der Waals surface area contributed by atoms with E-state index in [-0.39, 0.29) is 18.6 Å². The molecule has 1 aromatic heterocycles. The number of likely N-dealkylation sites (tertiary alicyclic amines) is 1. The third kappa shape index (κ3) is 3.58. The van der Waals surface area contributed by atoms with E-state index in [2.05, 4.69) is 0 Å². The molecule has 0 N–H and O–H groups in total. The first-order valence-corrected chi connectivity index (χ1v) is 8.88. The average Bonchev–Trinajstić information content (AvgIpc) is 3.02. The molecular weight excluding hydrogens is 351 g/mol. The first-order chi connectivity index (χ1) is 13.1. The lowest BCUT2D eigenvalue weighted by atomic mass is 10.0. The van der Waals surface area contributed by atoms with Crippen LogP contribution in [0.4, 0.5) is 4.39 Å². The lowest BCUT2D eigenvalue weighted by Crippen LogP contribution is -2.42. The van der Waals surface area contributed by atoms with Crippen molar-refractivity contribution in [2.24, 2.45) is 0 Å². The number of hydrogen-bond donors (Lipinski definition) is 0. The summed E-state index contributed by atoms with van der Waals surface area (Å²) in [6.45, 7) is 1.00. The molecule has 1 aliphatic rings. The minimum absolute atomic E-state index is 0.0194. The van der Waals surface area contributed by atoms with Gasteiger partial charge in [0, 0.05) is 25.2 Å². The van der Waals surface area contributed by atoms with E-state index in [4.69, 9.17) is 9.15 Å². The zero-order valence-corrected chi connectivity index (χ0v) is 14.6. The second-order valence-corrected chi connectivity index (χ2v) is 6.56. The second kappa shape index (κ2) is 7.26. The highest BCUT2D eigenvalue weighted by atomic mass is 19.1. The molecule has 1 aliphatic heterocycles. The van der Waals surface area contributed by atoms with Gasteiger partial charge in [-0.3, -0.25) is 9.36 Å². The molecule has 6 nitrogen and oxygen atoms in total. The van der Waals surface area contributed by atoms with Gasteiger partial charge in [-0.2, -0.15) is 0 Å². The molecule has 2 heterocycles. The average molecular weight is 370 g/mol. The fraction of sp³-hybridized carbons (Fsp3) is 0.300. The smallest absolute Gasteiger partial charge is 0.420 e. The van der Waals surface area contributed by atoms with Gasteiger partial charge in [-0.05, 0) is 37.1 Å². The minimum Gasteiger partial charge on any atom is -0.484 e. The van der Waals surface area contributed by atoms with Gasteiger partial charge in [0.05, 0.1) is 5.52 Å². The van der Waals surface area contributed by atoms with Crippen LogP contribution >= 0.6 is 0 Å². The van der Waals surface area contributed by atoms with Crippen molar-refractivity contribution in [3.05, 3.63) is 64.9 Å². The SMILES string of the molecule is O=C(COc1ccccc1)N1CCC(n2c(=O)oc3ccc(F)cc32)CC1. The summed E-state index contributed by atoms with van der Waals surface area (Å²) in [5, 5.41) is 0. The van der Waals surface area contributed by atoms with Gasteiger partial charge in [-0.15, -0.1) is 0 Å². The fourth-order valence-electron chi connectivity index (χ4n) is 3.48. The molecule has 3 aromatic rings. The van der Waals surface area contributed by atoms with Crippen molar-refractivity contribution < 1.29 is 18.3 Å². The van der Waals surface area contributed by atoms with E-state index >= 15 is 0 Å². The first kappa shape index (κ1) is 17.3. The number of hydrogen-bond acceptors (Lipinski definition) is 4. The number of nitrogens with zero attached hydrogens (tertiary/aromatic N) is 2. The molecule has 4 rings (SSSR count). The summed E-state index contributed by atoms with van der Waals surface area (Å²) in [5.74, 6) is -0.345. The highest BCUT2D eigenvalue weighted by Gasteiger charge is 2.27. The molecule has 0 unspecified atom stereocenters. The van der Waals surface area contributed by atoms with Crippen molar-refractivity contribution in [3.63, 3.8) is 0 Å². The second-order valence-electron chi connectivity index (χ2n) is 6.56. The number of halogens is 1. The van der Waals surface area contributed by atoms with Crippen molar-refractivity contribution in [1.82, 2.24) is 9.47 Å². The van der Waals surface area contributed by atoms with Crippen molar-refractivity contribution >= 4 is 17.0 Å². The lowest BCUT2D eigenvalue weighted by Gasteiger charge is -2.32. The maximum atomic E-state index is 13.6. The van der Waals surface area contributed by atoms with Gasteiger partial charge in [0.2, 0.25) is 0 Å². The Bertz CT molecular complexity index is 1000. The summed E-state index contributed by atoms with van der Waals surface area (Å²) in [7, 11) is 0. The Morgan fingerprint density at radius 3 is 2.63 bits per heavy atom. The number of piperidine rings is 1. The van der Waals surface area contributed by atoms with Gasteiger partial charge in [-0.1, -0.05) is 18.2 Å². The summed E-state index contributed by atoms with van der Waals surface area (Å²) >= 11 is 0. The van der Waals surface area contributed by atoms with E-state index in [0.717, 1.165) is 0 Å². The van der Waals surface area contributed by atoms with Gasteiger partial charge in [0.1, 0.15) is 11.6 Å². The molecule has 1 saturated heterocycles. The predicted octanol–water partition coefficient (Wildman–Crippen LogP) is 2.98. The van der Waals surface area contributed by atoms with E-state index in [9.17, 15) is 14.0 Å². The summed E-state index contributed by atoms with van der Waals surface area (Å²) in [6, 6.07) is 13.1. The highest BCUT2D eigenvalue weighted by Crippen LogP contribution is 2.26. The van der Waals surface area contributed by atoms with E-state index < -0.39 is 11.6 Å². The Morgan fingerprint density at radius 2 is 1.89 bits per heavy atom. The first-order valence-electron chi connectivity index (χ1n) is 8.88. The molecule has 27 heavy (non-hydrogen) atoms. The number of ether oxygens (including phenoxy) is 1. The number of oxazole rings is 1. The monoisotopic (exact) mass is 370 g/mol. The highest BCUT2D eigenvalue weighted by molar-refractivity contribution is 5.78. The molecule has 0 saturated carbocycles. The fourth-order valence-corrected chi connectivity index (χ4v) is 3.48. The van der Waals surface area contributed by atoms with Crippen LogP contribution in [0.1, 0.15) is 18.9 Å². The molecule has 0 radical (unpaired) electrons. The predicted molar refractivity (Wildman–Crippen MR) is 97.2 cm³/mol. The number of amides is 1. The number of fused-ring (bicyclic) bond motifs is 1. The molecule has 140 valence electrons. The van der Waals surface area contributed by atoms with Crippen LogP contribution in [0, 0.1) is 5.82 Å². The van der Waals surface area contributed by atoms with Crippen LogP contribution in [0.5, 0.6) is 5.75 Å². The maximum absolute atomic E-state index is 13.6. The number of para-hydroxylation sites is 1. The zero-order valence-electron chi connectivity index (χ0n) is 14.6. The normalized spacial score (nSPS) is 15.2. The topological polar surface area (TPSA) is 64.7 Å². The van der Waals surface area contributed by atoms with E-state index in [0.29, 0.717) is 42.8 Å². The standard InChI is InChI=1S/C20H19FN2O4/c21-14-6-7-18-17(12-14)23(20(25)27-18)15-8-10-22(11-9-15)19(24)13-26-16-4-2-1-3-5-16/h1-7,12,15H,8-11,13H2. The van der Waals surface area contributed by atoms with Crippen LogP contribution in [-0.4, -0.2) is 35.1 Å². The van der Waals surface area contributed by atoms with E-state index in [1.165, 1.54) is 22.8 Å². The summed E-state index contributed by atoms with van der Waals surface area (Å²) in [5.41, 5.74) is 0.827. The number of carbonyl (C=O) groups excluding carboxylic acids is 1. The third-order valence-corrected chi connectivity index (χ3v) is 4.86. The molecule has 7 heteroatoms. The molecular formula is C20H19FN2O4. The van der Waals surface area contributed by atoms with Gasteiger partial charge in [-0.25, -0.2) is 9.18 Å². The van der Waals surface area contributed by atoms with Crippen LogP contribution in [0.15, 0.2) is 57.7 Å². The van der Waals surface area contributed by atoms with Gasteiger partial charge in [0.15, 0.2) is 12.2 Å². The Hall–Kier alpha value is -3.09. The Balaban J connectivity index is 1.40. The van der Waals surface area contributed by atoms with Crippen LogP contribution in [0.3, 0.4) is 0 Å². The van der Waals surface area contributed by atoms with Gasteiger partial charge in [0.25, 0.3) is 5.91 Å². The van der Waals surface area contributed by atoms with Gasteiger partial charge >= 0.3 is 5.76 Å². The minimum atomic E-state index is -0.493.